The summed E-state index contributed by atoms with van der Waals surface area (Å²) in [4.78, 5) is 11.1. The van der Waals surface area contributed by atoms with Crippen LogP contribution < -0.4 is 4.90 Å². The highest BCUT2D eigenvalue weighted by Gasteiger charge is 2.25. The van der Waals surface area contributed by atoms with Crippen molar-refractivity contribution in [3.8, 4) is 0 Å². The number of fused-ring (bicyclic) bond motifs is 3. The largest absolute Gasteiger partial charge is 0.300 e. The van der Waals surface area contributed by atoms with E-state index in [0.29, 0.717) is 0 Å². The molecule has 0 saturated heterocycles. The topological polar surface area (TPSA) is 15.6 Å². The molecule has 0 N–H and O–H groups in total. The van der Waals surface area contributed by atoms with Gasteiger partial charge in [-0.2, -0.15) is 0 Å². The molecule has 0 unspecified atom stereocenters. The fourth-order valence-corrected chi connectivity index (χ4v) is 6.83. The lowest BCUT2D eigenvalue weighted by molar-refractivity contribution is 1.18. The molecule has 6 rings (SSSR count). The van der Waals surface area contributed by atoms with Crippen LogP contribution in [-0.2, 0) is 6.42 Å². The summed E-state index contributed by atoms with van der Waals surface area (Å²) >= 11 is 6.04. The predicted molar refractivity (Wildman–Crippen MR) is 147 cm³/mol. The number of hydrogen-bond donors (Lipinski definition) is 0. The Balaban J connectivity index is 1.34. The van der Waals surface area contributed by atoms with Crippen LogP contribution in [0.4, 0.5) is 22.1 Å². The van der Waals surface area contributed by atoms with Crippen molar-refractivity contribution in [1.82, 2.24) is 0 Å². The monoisotopic (exact) mass is 562 g/mol. The Morgan fingerprint density at radius 1 is 0.938 bits per heavy atom. The molecule has 3 aromatic carbocycles. The minimum absolute atomic E-state index is 0.914. The number of nitrogens with zero attached hydrogens (tertiary/aromatic N) is 2. The fraction of sp³-hybridized carbons (Fsp3) is 0.0741. The Morgan fingerprint density at radius 3 is 2.41 bits per heavy atom. The predicted octanol–water partition coefficient (Wildman–Crippen LogP) is 9.02. The molecule has 5 heteroatoms. The third-order valence-corrected chi connectivity index (χ3v) is 8.55. The second-order valence-electron chi connectivity index (χ2n) is 7.88. The maximum atomic E-state index is 4.88. The zero-order chi connectivity index (χ0) is 21.7. The van der Waals surface area contributed by atoms with Crippen molar-refractivity contribution in [2.24, 2.45) is 4.99 Å². The summed E-state index contributed by atoms with van der Waals surface area (Å²) in [5, 5.41) is 1.23. The second kappa shape index (κ2) is 8.21. The van der Waals surface area contributed by atoms with Gasteiger partial charge < -0.3 is 0 Å². The van der Waals surface area contributed by atoms with Crippen LogP contribution in [0.15, 0.2) is 99.2 Å². The Kier molecular flexibility index (Phi) is 5.20. The average Bonchev–Trinajstić information content (AvgIpc) is 3.44. The van der Waals surface area contributed by atoms with Crippen molar-refractivity contribution in [3.63, 3.8) is 0 Å². The van der Waals surface area contributed by atoms with E-state index in [0.717, 1.165) is 12.1 Å². The normalized spacial score (nSPS) is 14.6. The molecular formula is C27H19IN2S2. The van der Waals surface area contributed by atoms with Crippen molar-refractivity contribution in [2.75, 3.05) is 4.90 Å². The van der Waals surface area contributed by atoms with Crippen LogP contribution >= 0.6 is 45.7 Å². The van der Waals surface area contributed by atoms with Crippen molar-refractivity contribution in [3.05, 3.63) is 98.4 Å². The molecule has 156 valence electrons. The van der Waals surface area contributed by atoms with E-state index in [9.17, 15) is 0 Å². The van der Waals surface area contributed by atoms with Gasteiger partial charge in [-0.05, 0) is 101 Å². The van der Waals surface area contributed by atoms with Gasteiger partial charge >= 0.3 is 0 Å². The van der Waals surface area contributed by atoms with Crippen molar-refractivity contribution in [1.29, 1.82) is 0 Å². The molecule has 0 amide bonds. The van der Waals surface area contributed by atoms with E-state index in [1.807, 2.05) is 23.1 Å². The molecule has 0 bridgehead atoms. The van der Waals surface area contributed by atoms with Crippen molar-refractivity contribution < 1.29 is 0 Å². The van der Waals surface area contributed by atoms with E-state index < -0.39 is 0 Å². The smallest absolute Gasteiger partial charge is 0.101 e. The Bertz CT molecular complexity index is 1370. The van der Waals surface area contributed by atoms with Gasteiger partial charge in [-0.1, -0.05) is 36.0 Å². The van der Waals surface area contributed by atoms with Crippen LogP contribution in [0, 0.1) is 3.57 Å². The lowest BCUT2D eigenvalue weighted by atomic mass is 10.1. The molecular weight excluding hydrogens is 543 g/mol. The van der Waals surface area contributed by atoms with Gasteiger partial charge in [0, 0.05) is 30.4 Å². The molecule has 2 aliphatic rings. The number of halogens is 1. The van der Waals surface area contributed by atoms with Crippen LogP contribution in [-0.4, -0.2) is 5.71 Å². The Labute approximate surface area is 209 Å². The van der Waals surface area contributed by atoms with Crippen LogP contribution in [0.3, 0.4) is 0 Å². The molecule has 2 nitrogen and oxygen atoms in total. The molecule has 3 heterocycles. The average molecular weight is 563 g/mol. The molecule has 0 fully saturated rings. The summed E-state index contributed by atoms with van der Waals surface area (Å²) in [5.74, 6) is 0. The summed E-state index contributed by atoms with van der Waals surface area (Å²) in [6.07, 6.45) is 3.19. The first-order chi connectivity index (χ1) is 15.7. The van der Waals surface area contributed by atoms with E-state index in [1.165, 1.54) is 51.5 Å². The molecule has 2 aliphatic heterocycles. The lowest BCUT2D eigenvalue weighted by Gasteiger charge is -2.31. The fourth-order valence-electron chi connectivity index (χ4n) is 4.18. The number of rotatable bonds is 3. The summed E-state index contributed by atoms with van der Waals surface area (Å²) in [6.45, 7) is 2.18. The zero-order valence-corrected chi connectivity index (χ0v) is 21.2. The molecule has 1 aromatic heterocycles. The first kappa shape index (κ1) is 20.3. The maximum Gasteiger partial charge on any atom is 0.101 e. The lowest BCUT2D eigenvalue weighted by Crippen LogP contribution is -2.13. The van der Waals surface area contributed by atoms with Crippen molar-refractivity contribution in [2.45, 2.75) is 23.1 Å². The van der Waals surface area contributed by atoms with Crippen molar-refractivity contribution >= 4 is 79.5 Å². The number of benzene rings is 3. The van der Waals surface area contributed by atoms with E-state index in [4.69, 9.17) is 4.99 Å². The summed E-state index contributed by atoms with van der Waals surface area (Å²) in [6, 6.07) is 28.3. The number of anilines is 3. The minimum Gasteiger partial charge on any atom is -0.300 e. The number of allylic oxidation sites excluding steroid dienone is 1. The van der Waals surface area contributed by atoms with Crippen LogP contribution in [0.25, 0.3) is 6.08 Å². The molecule has 0 atom stereocenters. The standard InChI is InChI=1S/C27H19IN2S2/c1-17(22-16-18-15-19(28)10-12-21(18)29-22)14-20-11-13-27(31-20)30-23-6-2-4-8-25(23)32-26-9-5-3-7-24(26)30/h2-15H,16H2,1H3/b17-14+. The number of hydrogen-bond acceptors (Lipinski definition) is 4. The summed E-state index contributed by atoms with van der Waals surface area (Å²) in [7, 11) is 0. The molecule has 0 aliphatic carbocycles. The third kappa shape index (κ3) is 3.62. The highest BCUT2D eigenvalue weighted by molar-refractivity contribution is 14.1. The van der Waals surface area contributed by atoms with E-state index in [2.05, 4.69) is 119 Å². The van der Waals surface area contributed by atoms with Crippen LogP contribution in [0.2, 0.25) is 0 Å². The second-order valence-corrected chi connectivity index (χ2v) is 11.3. The van der Waals surface area contributed by atoms with E-state index >= 15 is 0 Å². The van der Waals surface area contributed by atoms with Gasteiger partial charge in [0.05, 0.1) is 17.1 Å². The zero-order valence-electron chi connectivity index (χ0n) is 17.4. The SMILES string of the molecule is C/C(=C\c1ccc(N2c3ccccc3Sc3ccccc32)s1)C1=Nc2ccc(I)cc2C1. The van der Waals surface area contributed by atoms with Gasteiger partial charge in [-0.25, -0.2) is 0 Å². The van der Waals surface area contributed by atoms with Crippen LogP contribution in [0.1, 0.15) is 17.4 Å². The van der Waals surface area contributed by atoms with Gasteiger partial charge in [0.1, 0.15) is 5.00 Å². The highest BCUT2D eigenvalue weighted by Crippen LogP contribution is 2.52. The van der Waals surface area contributed by atoms with Gasteiger partial charge in [-0.3, -0.25) is 9.89 Å². The maximum absolute atomic E-state index is 4.88. The Morgan fingerprint density at radius 2 is 1.66 bits per heavy atom. The highest BCUT2D eigenvalue weighted by atomic mass is 127. The molecule has 0 radical (unpaired) electrons. The van der Waals surface area contributed by atoms with Crippen LogP contribution in [0.5, 0.6) is 0 Å². The van der Waals surface area contributed by atoms with E-state index in [-0.39, 0.29) is 0 Å². The van der Waals surface area contributed by atoms with Gasteiger partial charge in [0.15, 0.2) is 0 Å². The third-order valence-electron chi connectivity index (χ3n) is 5.73. The van der Waals surface area contributed by atoms with Gasteiger partial charge in [0.25, 0.3) is 0 Å². The number of aliphatic imine (C=N–C) groups is 1. The molecule has 4 aromatic rings. The van der Waals surface area contributed by atoms with Gasteiger partial charge in [-0.15, -0.1) is 11.3 Å². The quantitative estimate of drug-likeness (QED) is 0.204. The summed E-state index contributed by atoms with van der Waals surface area (Å²) in [5.41, 5.74) is 7.33. The number of thiophene rings is 1. The molecule has 32 heavy (non-hydrogen) atoms. The Hall–Kier alpha value is -2.35. The number of para-hydroxylation sites is 2. The first-order valence-corrected chi connectivity index (χ1v) is 13.2. The minimum atomic E-state index is 0.914. The molecule has 0 saturated carbocycles. The summed E-state index contributed by atoms with van der Waals surface area (Å²) < 4.78 is 1.27. The van der Waals surface area contributed by atoms with E-state index in [1.54, 1.807) is 0 Å². The van der Waals surface area contributed by atoms with Gasteiger partial charge in [0.2, 0.25) is 0 Å². The molecule has 0 spiro atoms. The first-order valence-electron chi connectivity index (χ1n) is 10.5.